The molecule has 2 aromatic rings. The number of thiazole rings is 1. The third-order valence-electron chi connectivity index (χ3n) is 1.99. The minimum absolute atomic E-state index is 0.0719. The molecule has 0 unspecified atom stereocenters. The zero-order chi connectivity index (χ0) is 10.7. The first-order chi connectivity index (χ1) is 7.29. The monoisotopic (exact) mass is 224 g/mol. The fourth-order valence-electron chi connectivity index (χ4n) is 1.33. The van der Waals surface area contributed by atoms with Gasteiger partial charge in [-0.25, -0.2) is 4.98 Å². The number of nitrogens with zero attached hydrogens (tertiary/aromatic N) is 2. The second-order valence-electron chi connectivity index (χ2n) is 3.18. The molecule has 0 saturated heterocycles. The van der Waals surface area contributed by atoms with E-state index >= 15 is 0 Å². The lowest BCUT2D eigenvalue weighted by Crippen LogP contribution is -2.11. The van der Waals surface area contributed by atoms with Crippen molar-refractivity contribution in [2.75, 3.05) is 13.2 Å². The maximum Gasteiger partial charge on any atom is 0.193 e. The van der Waals surface area contributed by atoms with Crippen LogP contribution in [-0.4, -0.2) is 28.4 Å². The van der Waals surface area contributed by atoms with E-state index in [4.69, 9.17) is 4.74 Å². The largest absolute Gasteiger partial charge is 0.374 e. The van der Waals surface area contributed by atoms with Crippen LogP contribution < -0.4 is 0 Å². The van der Waals surface area contributed by atoms with Gasteiger partial charge in [-0.1, -0.05) is 0 Å². The summed E-state index contributed by atoms with van der Waals surface area (Å²) in [5, 5.41) is 1.97. The van der Waals surface area contributed by atoms with Gasteiger partial charge in [-0.3, -0.25) is 9.20 Å². The van der Waals surface area contributed by atoms with Gasteiger partial charge in [0.05, 0.1) is 12.1 Å². The Hall–Kier alpha value is -1.20. The van der Waals surface area contributed by atoms with Gasteiger partial charge in [0, 0.05) is 24.4 Å². The maximum atomic E-state index is 11.4. The van der Waals surface area contributed by atoms with Crippen LogP contribution >= 0.6 is 11.3 Å². The van der Waals surface area contributed by atoms with E-state index in [-0.39, 0.29) is 12.4 Å². The van der Waals surface area contributed by atoms with Crippen LogP contribution in [0.3, 0.4) is 0 Å². The number of aromatic nitrogens is 2. The number of Topliss-reactive ketones (excluding diaryl/α,β-unsaturated/α-hetero) is 1. The predicted molar refractivity (Wildman–Crippen MR) is 58.3 cm³/mol. The molecule has 0 bridgehead atoms. The summed E-state index contributed by atoms with van der Waals surface area (Å²) >= 11 is 1.56. The molecule has 0 spiro atoms. The first-order valence-corrected chi connectivity index (χ1v) is 5.68. The molecular formula is C10H12N2O2S. The van der Waals surface area contributed by atoms with Crippen LogP contribution in [-0.2, 0) is 16.0 Å². The normalized spacial score (nSPS) is 11.0. The van der Waals surface area contributed by atoms with Crippen molar-refractivity contribution in [3.8, 4) is 0 Å². The molecule has 0 radical (unpaired) electrons. The number of hydrogen-bond donors (Lipinski definition) is 0. The summed E-state index contributed by atoms with van der Waals surface area (Å²) in [6.07, 6.45) is 4.17. The summed E-state index contributed by atoms with van der Waals surface area (Å²) in [5.41, 5.74) is 0.812. The number of ketones is 1. The van der Waals surface area contributed by atoms with Crippen LogP contribution in [0.15, 0.2) is 17.8 Å². The van der Waals surface area contributed by atoms with Crippen LogP contribution in [0, 0.1) is 0 Å². The summed E-state index contributed by atoms with van der Waals surface area (Å²) < 4.78 is 6.97. The van der Waals surface area contributed by atoms with Gasteiger partial charge < -0.3 is 4.74 Å². The van der Waals surface area contributed by atoms with Crippen molar-refractivity contribution in [3.05, 3.63) is 23.5 Å². The summed E-state index contributed by atoms with van der Waals surface area (Å²) in [7, 11) is 0. The lowest BCUT2D eigenvalue weighted by molar-refractivity contribution is -0.122. The topological polar surface area (TPSA) is 43.6 Å². The SMILES string of the molecule is CCOCC(=O)Cc1cn2ccsc2n1. The highest BCUT2D eigenvalue weighted by Crippen LogP contribution is 2.11. The Kier molecular flexibility index (Phi) is 3.13. The van der Waals surface area contributed by atoms with E-state index in [1.807, 2.05) is 29.1 Å². The van der Waals surface area contributed by atoms with Crippen LogP contribution in [0.4, 0.5) is 0 Å². The molecule has 5 heteroatoms. The fraction of sp³-hybridized carbons (Fsp3) is 0.400. The molecule has 0 aromatic carbocycles. The molecule has 0 aliphatic carbocycles. The number of rotatable bonds is 5. The molecule has 2 rings (SSSR count). The van der Waals surface area contributed by atoms with Gasteiger partial charge in [0.2, 0.25) is 0 Å². The Morgan fingerprint density at radius 3 is 3.27 bits per heavy atom. The predicted octanol–water partition coefficient (Wildman–Crippen LogP) is 1.54. The van der Waals surface area contributed by atoms with Crippen molar-refractivity contribution >= 4 is 22.1 Å². The Morgan fingerprint density at radius 1 is 1.67 bits per heavy atom. The van der Waals surface area contributed by atoms with Crippen molar-refractivity contribution in [3.63, 3.8) is 0 Å². The minimum atomic E-state index is 0.0719. The molecule has 0 fully saturated rings. The number of hydrogen-bond acceptors (Lipinski definition) is 4. The molecule has 4 nitrogen and oxygen atoms in total. The number of carbonyl (C=O) groups excluding carboxylic acids is 1. The quantitative estimate of drug-likeness (QED) is 0.773. The minimum Gasteiger partial charge on any atom is -0.374 e. The summed E-state index contributed by atoms with van der Waals surface area (Å²) in [6.45, 7) is 2.63. The average molecular weight is 224 g/mol. The van der Waals surface area contributed by atoms with Crippen LogP contribution in [0.25, 0.3) is 4.96 Å². The molecule has 15 heavy (non-hydrogen) atoms. The highest BCUT2D eigenvalue weighted by Gasteiger charge is 2.07. The van der Waals surface area contributed by atoms with E-state index in [1.54, 1.807) is 11.3 Å². The summed E-state index contributed by atoms with van der Waals surface area (Å²) in [6, 6.07) is 0. The third kappa shape index (κ3) is 2.43. The van der Waals surface area contributed by atoms with Gasteiger partial charge in [-0.2, -0.15) is 0 Å². The smallest absolute Gasteiger partial charge is 0.193 e. The van der Waals surface area contributed by atoms with Gasteiger partial charge in [-0.15, -0.1) is 11.3 Å². The second kappa shape index (κ2) is 4.55. The molecular weight excluding hydrogens is 212 g/mol. The lowest BCUT2D eigenvalue weighted by Gasteiger charge is -1.97. The van der Waals surface area contributed by atoms with E-state index in [1.165, 1.54) is 0 Å². The van der Waals surface area contributed by atoms with Crippen LogP contribution in [0.5, 0.6) is 0 Å². The summed E-state index contributed by atoms with van der Waals surface area (Å²) in [4.78, 5) is 16.7. The molecule has 0 N–H and O–H groups in total. The van der Waals surface area contributed by atoms with E-state index < -0.39 is 0 Å². The molecule has 0 saturated carbocycles. The van der Waals surface area contributed by atoms with Crippen LogP contribution in [0.1, 0.15) is 12.6 Å². The number of carbonyl (C=O) groups is 1. The fourth-order valence-corrected chi connectivity index (χ4v) is 2.05. The van der Waals surface area contributed by atoms with E-state index in [0.29, 0.717) is 13.0 Å². The molecule has 0 amide bonds. The van der Waals surface area contributed by atoms with Crippen molar-refractivity contribution in [2.45, 2.75) is 13.3 Å². The molecule has 80 valence electrons. The van der Waals surface area contributed by atoms with Gasteiger partial charge in [0.1, 0.15) is 6.61 Å². The molecule has 0 atom stereocenters. The Bertz CT molecular complexity index is 432. The van der Waals surface area contributed by atoms with Gasteiger partial charge in [0.15, 0.2) is 10.7 Å². The molecule has 0 aliphatic rings. The average Bonchev–Trinajstić information content (AvgIpc) is 2.74. The van der Waals surface area contributed by atoms with E-state index in [0.717, 1.165) is 10.7 Å². The van der Waals surface area contributed by atoms with Crippen molar-refractivity contribution in [1.29, 1.82) is 0 Å². The zero-order valence-electron chi connectivity index (χ0n) is 8.47. The summed E-state index contributed by atoms with van der Waals surface area (Å²) in [5.74, 6) is 0.0719. The van der Waals surface area contributed by atoms with Gasteiger partial charge in [0.25, 0.3) is 0 Å². The molecule has 2 aromatic heterocycles. The Morgan fingerprint density at radius 2 is 2.53 bits per heavy atom. The lowest BCUT2D eigenvalue weighted by atomic mass is 10.2. The van der Waals surface area contributed by atoms with Gasteiger partial charge in [-0.05, 0) is 6.92 Å². The molecule has 2 heterocycles. The Labute approximate surface area is 91.5 Å². The standard InChI is InChI=1S/C10H12N2O2S/c1-2-14-7-9(13)5-8-6-12-3-4-15-10(12)11-8/h3-4,6H,2,5,7H2,1H3. The zero-order valence-corrected chi connectivity index (χ0v) is 9.29. The maximum absolute atomic E-state index is 11.4. The number of imidazole rings is 1. The third-order valence-corrected chi connectivity index (χ3v) is 2.76. The first kappa shape index (κ1) is 10.3. The van der Waals surface area contributed by atoms with Crippen LogP contribution in [0.2, 0.25) is 0 Å². The number of ether oxygens (including phenoxy) is 1. The van der Waals surface area contributed by atoms with E-state index in [9.17, 15) is 4.79 Å². The second-order valence-corrected chi connectivity index (χ2v) is 4.05. The number of fused-ring (bicyclic) bond motifs is 1. The molecule has 0 aliphatic heterocycles. The first-order valence-electron chi connectivity index (χ1n) is 4.80. The van der Waals surface area contributed by atoms with Crippen molar-refractivity contribution in [1.82, 2.24) is 9.38 Å². The van der Waals surface area contributed by atoms with Crippen molar-refractivity contribution in [2.24, 2.45) is 0 Å². The van der Waals surface area contributed by atoms with E-state index in [2.05, 4.69) is 4.98 Å². The highest BCUT2D eigenvalue weighted by molar-refractivity contribution is 7.15. The highest BCUT2D eigenvalue weighted by atomic mass is 32.1. The Balaban J connectivity index is 2.00. The van der Waals surface area contributed by atoms with Crippen molar-refractivity contribution < 1.29 is 9.53 Å². The van der Waals surface area contributed by atoms with Gasteiger partial charge >= 0.3 is 0 Å².